The van der Waals surface area contributed by atoms with E-state index in [0.29, 0.717) is 6.42 Å². The zero-order chi connectivity index (χ0) is 16.8. The lowest BCUT2D eigenvalue weighted by Crippen LogP contribution is -2.29. The molecule has 0 unspecified atom stereocenters. The van der Waals surface area contributed by atoms with Crippen LogP contribution in [0.1, 0.15) is 40.5 Å². The van der Waals surface area contributed by atoms with E-state index >= 15 is 0 Å². The fraction of sp³-hybridized carbons (Fsp3) is 0.692. The summed E-state index contributed by atoms with van der Waals surface area (Å²) in [4.78, 5) is 41.1. The average Bonchev–Trinajstić information content (AvgIpc) is 2.32. The predicted molar refractivity (Wildman–Crippen MR) is 68.7 cm³/mol. The minimum atomic E-state index is -0.961. The maximum atomic E-state index is 10.6. The maximum absolute atomic E-state index is 10.6. The molecule has 21 heavy (non-hydrogen) atoms. The van der Waals surface area contributed by atoms with Crippen LogP contribution in [0.25, 0.3) is 0 Å². The first-order valence-corrected chi connectivity index (χ1v) is 6.32. The summed E-state index contributed by atoms with van der Waals surface area (Å²) in [6.45, 7) is 5.24. The zero-order valence-corrected chi connectivity index (χ0v) is 12.7. The van der Waals surface area contributed by atoms with E-state index in [4.69, 9.17) is 4.74 Å². The third-order valence-corrected chi connectivity index (χ3v) is 1.73. The molecule has 0 aliphatic heterocycles. The summed E-state index contributed by atoms with van der Waals surface area (Å²) in [5.41, 5.74) is 0. The van der Waals surface area contributed by atoms with Crippen LogP contribution in [0.2, 0.25) is 0 Å². The monoisotopic (exact) mass is 305 g/mol. The zero-order valence-electron chi connectivity index (χ0n) is 12.7. The summed E-state index contributed by atoms with van der Waals surface area (Å²) in [5, 5.41) is 9.49. The van der Waals surface area contributed by atoms with Gasteiger partial charge in [-0.25, -0.2) is 0 Å². The molecule has 0 saturated heterocycles. The van der Waals surface area contributed by atoms with Crippen LogP contribution >= 0.6 is 0 Å². The Morgan fingerprint density at radius 2 is 1.33 bits per heavy atom. The molecule has 8 nitrogen and oxygen atoms in total. The van der Waals surface area contributed by atoms with Crippen LogP contribution in [0, 0.1) is 0 Å². The van der Waals surface area contributed by atoms with Crippen molar-refractivity contribution in [3.8, 4) is 0 Å². The van der Waals surface area contributed by atoms with E-state index in [1.165, 1.54) is 20.8 Å². The highest BCUT2D eigenvalue weighted by Gasteiger charge is 2.15. The second-order valence-corrected chi connectivity index (χ2v) is 3.96. The van der Waals surface area contributed by atoms with E-state index in [0.717, 1.165) is 0 Å². The van der Waals surface area contributed by atoms with Crippen molar-refractivity contribution in [2.75, 3.05) is 13.2 Å². The number of carbonyl (C=O) groups excluding carboxylic acids is 4. The van der Waals surface area contributed by atoms with Crippen LogP contribution in [0.3, 0.4) is 0 Å². The number of ether oxygens (including phenoxy) is 3. The standard InChI is InChI=1S/C9H14O6.C4H8O2/c1-6(10)13-4-9(15-8(3)12)5-14-7(2)11;1-2-3-4(5)6/h9H,4-5H2,1-3H3;2-3H2,1H3,(H,5,6)/p-1. The van der Waals surface area contributed by atoms with Gasteiger partial charge in [-0.1, -0.05) is 13.3 Å². The van der Waals surface area contributed by atoms with Gasteiger partial charge in [0.1, 0.15) is 13.2 Å². The Bertz CT molecular complexity index is 332. The Kier molecular flexibility index (Phi) is 13.0. The Hall–Kier alpha value is -2.12. The second-order valence-electron chi connectivity index (χ2n) is 3.96. The lowest BCUT2D eigenvalue weighted by atomic mass is 10.4. The van der Waals surface area contributed by atoms with Crippen molar-refractivity contribution in [1.29, 1.82) is 0 Å². The molecule has 0 aromatic heterocycles. The van der Waals surface area contributed by atoms with Crippen LogP contribution < -0.4 is 5.11 Å². The molecule has 0 aliphatic rings. The van der Waals surface area contributed by atoms with Crippen LogP contribution in [-0.2, 0) is 33.4 Å². The molecular weight excluding hydrogens is 284 g/mol. The van der Waals surface area contributed by atoms with E-state index in [1.807, 2.05) is 0 Å². The topological polar surface area (TPSA) is 119 Å². The van der Waals surface area contributed by atoms with Crippen LogP contribution in [-0.4, -0.2) is 43.2 Å². The lowest BCUT2D eigenvalue weighted by molar-refractivity contribution is -0.305. The number of hydrogen-bond acceptors (Lipinski definition) is 8. The van der Waals surface area contributed by atoms with Gasteiger partial charge in [-0.05, 0) is 6.42 Å². The van der Waals surface area contributed by atoms with Crippen molar-refractivity contribution < 1.29 is 38.5 Å². The first kappa shape index (κ1) is 21.2. The van der Waals surface area contributed by atoms with Gasteiger partial charge in [-0.3, -0.25) is 14.4 Å². The number of carboxylic acid groups (broad SMARTS) is 1. The second kappa shape index (κ2) is 12.9. The van der Waals surface area contributed by atoms with Crippen molar-refractivity contribution in [3.05, 3.63) is 0 Å². The van der Waals surface area contributed by atoms with Crippen molar-refractivity contribution in [1.82, 2.24) is 0 Å². The molecule has 0 saturated carbocycles. The molecule has 0 N–H and O–H groups in total. The summed E-state index contributed by atoms with van der Waals surface area (Å²) in [5.74, 6) is -2.47. The normalized spacial score (nSPS) is 9.19. The molecular formula is C13H21O8-. The Balaban J connectivity index is 0. The first-order chi connectivity index (χ1) is 9.68. The van der Waals surface area contributed by atoms with E-state index < -0.39 is 30.0 Å². The number of carboxylic acids is 1. The molecule has 0 radical (unpaired) electrons. The molecule has 0 aromatic rings. The van der Waals surface area contributed by atoms with Gasteiger partial charge in [0, 0.05) is 26.7 Å². The number of rotatable bonds is 7. The Morgan fingerprint density at radius 1 is 0.905 bits per heavy atom. The van der Waals surface area contributed by atoms with E-state index in [2.05, 4.69) is 9.47 Å². The molecule has 0 amide bonds. The molecule has 0 fully saturated rings. The largest absolute Gasteiger partial charge is 0.550 e. The van der Waals surface area contributed by atoms with Gasteiger partial charge in [0.25, 0.3) is 0 Å². The summed E-state index contributed by atoms with van der Waals surface area (Å²) in [6.07, 6.45) is 0.0952. The van der Waals surface area contributed by atoms with Crippen molar-refractivity contribution in [3.63, 3.8) is 0 Å². The number of carbonyl (C=O) groups is 4. The van der Waals surface area contributed by atoms with Gasteiger partial charge < -0.3 is 24.1 Å². The third kappa shape index (κ3) is 20.4. The summed E-state index contributed by atoms with van der Waals surface area (Å²) in [6, 6.07) is 0. The third-order valence-electron chi connectivity index (χ3n) is 1.73. The molecule has 0 rings (SSSR count). The molecule has 0 spiro atoms. The van der Waals surface area contributed by atoms with Gasteiger partial charge in [0.05, 0.1) is 0 Å². The molecule has 0 atom stereocenters. The Labute approximate surface area is 123 Å². The van der Waals surface area contributed by atoms with Gasteiger partial charge >= 0.3 is 17.9 Å². The molecule has 122 valence electrons. The molecule has 0 bridgehead atoms. The van der Waals surface area contributed by atoms with E-state index in [1.54, 1.807) is 6.92 Å². The SMILES string of the molecule is CC(=O)OCC(COC(C)=O)OC(C)=O.CCCC(=O)[O-]. The van der Waals surface area contributed by atoms with Crippen LogP contribution in [0.4, 0.5) is 0 Å². The highest BCUT2D eigenvalue weighted by Crippen LogP contribution is 1.97. The van der Waals surface area contributed by atoms with Gasteiger partial charge in [-0.2, -0.15) is 0 Å². The van der Waals surface area contributed by atoms with Crippen molar-refractivity contribution in [2.24, 2.45) is 0 Å². The summed E-state index contributed by atoms with van der Waals surface area (Å²) < 4.78 is 14.0. The molecule has 0 heterocycles. The van der Waals surface area contributed by atoms with Gasteiger partial charge in [-0.15, -0.1) is 0 Å². The predicted octanol–water partition coefficient (Wildman–Crippen LogP) is -0.419. The van der Waals surface area contributed by atoms with Crippen LogP contribution in [0.15, 0.2) is 0 Å². The molecule has 8 heteroatoms. The average molecular weight is 305 g/mol. The highest BCUT2D eigenvalue weighted by atomic mass is 16.6. The van der Waals surface area contributed by atoms with E-state index in [-0.39, 0.29) is 19.6 Å². The minimum Gasteiger partial charge on any atom is -0.550 e. The number of esters is 3. The van der Waals surface area contributed by atoms with Crippen molar-refractivity contribution >= 4 is 23.9 Å². The summed E-state index contributed by atoms with van der Waals surface area (Å²) >= 11 is 0. The van der Waals surface area contributed by atoms with Gasteiger partial charge in [0.15, 0.2) is 6.10 Å². The maximum Gasteiger partial charge on any atom is 0.303 e. The van der Waals surface area contributed by atoms with Crippen LogP contribution in [0.5, 0.6) is 0 Å². The fourth-order valence-corrected chi connectivity index (χ4v) is 0.976. The van der Waals surface area contributed by atoms with Crippen molar-refractivity contribution in [2.45, 2.75) is 46.6 Å². The van der Waals surface area contributed by atoms with Gasteiger partial charge in [0.2, 0.25) is 0 Å². The molecule has 0 aromatic carbocycles. The van der Waals surface area contributed by atoms with E-state index in [9.17, 15) is 24.3 Å². The smallest absolute Gasteiger partial charge is 0.303 e. The first-order valence-electron chi connectivity index (χ1n) is 6.32. The molecule has 0 aliphatic carbocycles. The fourth-order valence-electron chi connectivity index (χ4n) is 0.976. The number of hydrogen-bond donors (Lipinski definition) is 0. The minimum absolute atomic E-state index is 0.123. The lowest BCUT2D eigenvalue weighted by Gasteiger charge is -2.15. The summed E-state index contributed by atoms with van der Waals surface area (Å²) in [7, 11) is 0. The number of aliphatic carboxylic acids is 1. The Morgan fingerprint density at radius 3 is 1.52 bits per heavy atom. The quantitative estimate of drug-likeness (QED) is 0.459. The highest BCUT2D eigenvalue weighted by molar-refractivity contribution is 5.67.